The van der Waals surface area contributed by atoms with Gasteiger partial charge in [0.15, 0.2) is 5.78 Å². The lowest BCUT2D eigenvalue weighted by Gasteiger charge is -2.22. The van der Waals surface area contributed by atoms with Gasteiger partial charge in [-0.1, -0.05) is 24.3 Å². The van der Waals surface area contributed by atoms with E-state index >= 15 is 0 Å². The molecule has 82 valence electrons. The van der Waals surface area contributed by atoms with Crippen molar-refractivity contribution in [3.05, 3.63) is 54.1 Å². The molecular weight excluding hydrogens is 224 g/mol. The molecule has 2 nitrogen and oxygen atoms in total. The molecule has 2 rings (SSSR count). The Balaban J connectivity index is 2.28. The van der Waals surface area contributed by atoms with Crippen molar-refractivity contribution < 1.29 is 9.90 Å². The van der Waals surface area contributed by atoms with Gasteiger partial charge in [0.05, 0.1) is 0 Å². The third-order valence-electron chi connectivity index (χ3n) is 2.53. The normalized spacial score (nSPS) is 23.3. The van der Waals surface area contributed by atoms with E-state index in [-0.39, 0.29) is 11.5 Å². The van der Waals surface area contributed by atoms with Gasteiger partial charge < -0.3 is 5.11 Å². The van der Waals surface area contributed by atoms with E-state index in [1.807, 2.05) is 12.2 Å². The number of halogens is 1. The summed E-state index contributed by atoms with van der Waals surface area (Å²) in [5.41, 5.74) is 0.507. The molecule has 16 heavy (non-hydrogen) atoms. The van der Waals surface area contributed by atoms with Crippen molar-refractivity contribution >= 4 is 17.4 Å². The van der Waals surface area contributed by atoms with Crippen molar-refractivity contribution in [1.82, 2.24) is 0 Å². The average molecular weight is 235 g/mol. The number of ketones is 1. The van der Waals surface area contributed by atoms with Crippen molar-refractivity contribution in [3.63, 3.8) is 0 Å². The summed E-state index contributed by atoms with van der Waals surface area (Å²) in [5.74, 6) is -0.00554. The Morgan fingerprint density at radius 1 is 1.25 bits per heavy atom. The molecule has 0 spiro atoms. The van der Waals surface area contributed by atoms with E-state index in [0.29, 0.717) is 12.0 Å². The van der Waals surface area contributed by atoms with Crippen LogP contribution in [0.3, 0.4) is 0 Å². The highest BCUT2D eigenvalue weighted by Gasteiger charge is 2.33. The number of alkyl halides is 1. The van der Waals surface area contributed by atoms with Crippen LogP contribution in [-0.2, 0) is 0 Å². The summed E-state index contributed by atoms with van der Waals surface area (Å²) in [4.78, 5) is 11.2. The second kappa shape index (κ2) is 4.14. The average Bonchev–Trinajstić information content (AvgIpc) is 2.30. The van der Waals surface area contributed by atoms with Gasteiger partial charge in [0.25, 0.3) is 0 Å². The van der Waals surface area contributed by atoms with Crippen LogP contribution < -0.4 is 0 Å². The molecule has 1 aliphatic rings. The monoisotopic (exact) mass is 234 g/mol. The van der Waals surface area contributed by atoms with E-state index in [4.69, 9.17) is 16.7 Å². The first-order valence-electron chi connectivity index (χ1n) is 4.99. The maximum absolute atomic E-state index is 12.1. The zero-order valence-electron chi connectivity index (χ0n) is 8.56. The van der Waals surface area contributed by atoms with Gasteiger partial charge in [0, 0.05) is 5.56 Å². The first-order chi connectivity index (χ1) is 7.62. The first-order valence-corrected chi connectivity index (χ1v) is 5.37. The number of hydrogen-bond acceptors (Lipinski definition) is 2. The third-order valence-corrected chi connectivity index (χ3v) is 2.98. The minimum absolute atomic E-state index is 0.138. The van der Waals surface area contributed by atoms with Gasteiger partial charge in [0.2, 0.25) is 0 Å². The number of aromatic hydroxyl groups is 1. The maximum atomic E-state index is 12.1. The largest absolute Gasteiger partial charge is 0.508 e. The quantitative estimate of drug-likeness (QED) is 0.631. The van der Waals surface area contributed by atoms with Crippen LogP contribution in [0.5, 0.6) is 5.75 Å². The first kappa shape index (κ1) is 11.0. The Labute approximate surface area is 98.9 Å². The Morgan fingerprint density at radius 2 is 1.94 bits per heavy atom. The van der Waals surface area contributed by atoms with Crippen LogP contribution in [0, 0.1) is 0 Å². The number of Topliss-reactive ketones (excluding diaryl/α,β-unsaturated/α-hetero) is 1. The van der Waals surface area contributed by atoms with Crippen LogP contribution in [0.15, 0.2) is 48.6 Å². The highest BCUT2D eigenvalue weighted by molar-refractivity contribution is 6.39. The fourth-order valence-electron chi connectivity index (χ4n) is 1.62. The van der Waals surface area contributed by atoms with Gasteiger partial charge in [0.1, 0.15) is 10.6 Å². The summed E-state index contributed by atoms with van der Waals surface area (Å²) < 4.78 is 0. The predicted molar refractivity (Wildman–Crippen MR) is 63.9 cm³/mol. The molecular formula is C13H11ClO2. The second-order valence-corrected chi connectivity index (χ2v) is 4.40. The third kappa shape index (κ3) is 2.02. The van der Waals surface area contributed by atoms with Gasteiger partial charge in [-0.2, -0.15) is 0 Å². The standard InChI is InChI=1S/C13H11ClO2/c14-13(8-2-1-3-9-13)12(16)10-4-6-11(15)7-5-10/h1-8,15H,9H2. The molecule has 0 saturated carbocycles. The summed E-state index contributed by atoms with van der Waals surface area (Å²) >= 11 is 6.25. The molecule has 1 atom stereocenters. The zero-order chi connectivity index (χ0) is 11.6. The van der Waals surface area contributed by atoms with Crippen LogP contribution in [0.1, 0.15) is 16.8 Å². The predicted octanol–water partition coefficient (Wildman–Crippen LogP) is 3.07. The topological polar surface area (TPSA) is 37.3 Å². The van der Waals surface area contributed by atoms with E-state index in [9.17, 15) is 4.79 Å². The van der Waals surface area contributed by atoms with E-state index in [1.165, 1.54) is 12.1 Å². The van der Waals surface area contributed by atoms with E-state index in [2.05, 4.69) is 0 Å². The zero-order valence-corrected chi connectivity index (χ0v) is 9.32. The molecule has 0 heterocycles. The molecule has 3 heteroatoms. The van der Waals surface area contributed by atoms with Crippen LogP contribution >= 0.6 is 11.6 Å². The van der Waals surface area contributed by atoms with Crippen molar-refractivity contribution in [1.29, 1.82) is 0 Å². The Hall–Kier alpha value is -1.54. The van der Waals surface area contributed by atoms with Crippen LogP contribution in [-0.4, -0.2) is 15.8 Å². The number of hydrogen-bond donors (Lipinski definition) is 1. The molecule has 0 fully saturated rings. The van der Waals surface area contributed by atoms with E-state index < -0.39 is 4.87 Å². The fourth-order valence-corrected chi connectivity index (χ4v) is 1.89. The summed E-state index contributed by atoms with van der Waals surface area (Å²) in [6, 6.07) is 6.12. The number of carbonyl (C=O) groups excluding carboxylic acids is 1. The molecule has 0 radical (unpaired) electrons. The van der Waals surface area contributed by atoms with Crippen molar-refractivity contribution in [3.8, 4) is 5.75 Å². The van der Waals surface area contributed by atoms with Gasteiger partial charge in [-0.05, 0) is 30.7 Å². The Kier molecular flexibility index (Phi) is 2.84. The smallest absolute Gasteiger partial charge is 0.187 e. The minimum Gasteiger partial charge on any atom is -0.508 e. The van der Waals surface area contributed by atoms with Crippen molar-refractivity contribution in [2.24, 2.45) is 0 Å². The van der Waals surface area contributed by atoms with Crippen molar-refractivity contribution in [2.45, 2.75) is 11.3 Å². The molecule has 1 aromatic rings. The number of allylic oxidation sites excluding steroid dienone is 4. The molecule has 0 amide bonds. The molecule has 0 bridgehead atoms. The van der Waals surface area contributed by atoms with Crippen LogP contribution in [0.25, 0.3) is 0 Å². The lowest BCUT2D eigenvalue weighted by molar-refractivity contribution is 0.0959. The molecule has 1 aromatic carbocycles. The molecule has 0 aromatic heterocycles. The molecule has 1 N–H and O–H groups in total. The lowest BCUT2D eigenvalue weighted by Crippen LogP contribution is -2.30. The highest BCUT2D eigenvalue weighted by atomic mass is 35.5. The number of phenolic OH excluding ortho intramolecular Hbond substituents is 1. The molecule has 0 aliphatic heterocycles. The van der Waals surface area contributed by atoms with Gasteiger partial charge in [-0.25, -0.2) is 0 Å². The van der Waals surface area contributed by atoms with Crippen molar-refractivity contribution in [2.75, 3.05) is 0 Å². The fraction of sp³-hybridized carbons (Fsp3) is 0.154. The van der Waals surface area contributed by atoms with E-state index in [1.54, 1.807) is 24.3 Å². The summed E-state index contributed by atoms with van der Waals surface area (Å²) in [5, 5.41) is 9.14. The van der Waals surface area contributed by atoms with E-state index in [0.717, 1.165) is 0 Å². The minimum atomic E-state index is -0.980. The second-order valence-electron chi connectivity index (χ2n) is 3.73. The summed E-state index contributed by atoms with van der Waals surface area (Å²) in [6.45, 7) is 0. The number of rotatable bonds is 2. The van der Waals surface area contributed by atoms with Gasteiger partial charge in [-0.15, -0.1) is 11.6 Å². The SMILES string of the molecule is O=C(c1ccc(O)cc1)C1(Cl)C=CC=CC1. The van der Waals surface area contributed by atoms with Crippen LogP contribution in [0.4, 0.5) is 0 Å². The summed E-state index contributed by atoms with van der Waals surface area (Å²) in [6.07, 6.45) is 7.69. The van der Waals surface area contributed by atoms with Crippen LogP contribution in [0.2, 0.25) is 0 Å². The Morgan fingerprint density at radius 3 is 2.50 bits per heavy atom. The molecule has 1 unspecified atom stereocenters. The Bertz CT molecular complexity index is 459. The number of benzene rings is 1. The molecule has 1 aliphatic carbocycles. The number of carbonyl (C=O) groups is 1. The maximum Gasteiger partial charge on any atom is 0.187 e. The molecule has 0 saturated heterocycles. The summed E-state index contributed by atoms with van der Waals surface area (Å²) in [7, 11) is 0. The van der Waals surface area contributed by atoms with Gasteiger partial charge in [-0.3, -0.25) is 4.79 Å². The lowest BCUT2D eigenvalue weighted by atomic mass is 9.91. The van der Waals surface area contributed by atoms with Gasteiger partial charge >= 0.3 is 0 Å². The highest BCUT2D eigenvalue weighted by Crippen LogP contribution is 2.30. The number of phenols is 1.